The van der Waals surface area contributed by atoms with Gasteiger partial charge in [-0.1, -0.05) is 20.8 Å². The third-order valence-corrected chi connectivity index (χ3v) is 3.93. The number of nitrogens with zero attached hydrogens (tertiary/aromatic N) is 1. The molecule has 3 nitrogen and oxygen atoms in total. The minimum atomic E-state index is 0.211. The smallest absolute Gasteiger partial charge is 0.222 e. The SMILES string of the molecule is CC1CCC(=O)N(CCCC(C)(C)CN)CC1. The number of carbonyl (C=O) groups excluding carboxylic acids is 1. The van der Waals surface area contributed by atoms with Crippen molar-refractivity contribution in [3.63, 3.8) is 0 Å². The van der Waals surface area contributed by atoms with Crippen molar-refractivity contribution in [2.45, 2.75) is 52.9 Å². The van der Waals surface area contributed by atoms with Crippen LogP contribution < -0.4 is 5.73 Å². The van der Waals surface area contributed by atoms with E-state index < -0.39 is 0 Å². The first kappa shape index (κ1) is 14.5. The van der Waals surface area contributed by atoms with Gasteiger partial charge in [0.2, 0.25) is 5.91 Å². The highest BCUT2D eigenvalue weighted by molar-refractivity contribution is 5.76. The molecule has 0 saturated carbocycles. The van der Waals surface area contributed by atoms with E-state index in [2.05, 4.69) is 25.7 Å². The van der Waals surface area contributed by atoms with Crippen LogP contribution >= 0.6 is 0 Å². The number of carbonyl (C=O) groups is 1. The second-order valence-corrected chi connectivity index (χ2v) is 6.29. The van der Waals surface area contributed by atoms with Crippen molar-refractivity contribution < 1.29 is 4.79 Å². The summed E-state index contributed by atoms with van der Waals surface area (Å²) >= 11 is 0. The summed E-state index contributed by atoms with van der Waals surface area (Å²) < 4.78 is 0. The molecule has 2 N–H and O–H groups in total. The highest BCUT2D eigenvalue weighted by Gasteiger charge is 2.21. The second kappa shape index (κ2) is 6.39. The first-order chi connectivity index (χ1) is 7.94. The average Bonchev–Trinajstić information content (AvgIpc) is 2.44. The summed E-state index contributed by atoms with van der Waals surface area (Å²) in [5, 5.41) is 0. The minimum Gasteiger partial charge on any atom is -0.343 e. The summed E-state index contributed by atoms with van der Waals surface area (Å²) in [5.74, 6) is 1.05. The van der Waals surface area contributed by atoms with E-state index in [9.17, 15) is 4.79 Å². The fraction of sp³-hybridized carbons (Fsp3) is 0.929. The molecular formula is C14H28N2O. The quantitative estimate of drug-likeness (QED) is 0.802. The number of nitrogens with two attached hydrogens (primary N) is 1. The molecule has 0 aromatic heterocycles. The van der Waals surface area contributed by atoms with E-state index in [0.29, 0.717) is 11.8 Å². The van der Waals surface area contributed by atoms with Crippen LogP contribution in [0.5, 0.6) is 0 Å². The molecule has 0 aromatic rings. The van der Waals surface area contributed by atoms with Gasteiger partial charge in [-0.05, 0) is 43.6 Å². The molecule has 1 unspecified atom stereocenters. The van der Waals surface area contributed by atoms with Gasteiger partial charge in [0.1, 0.15) is 0 Å². The lowest BCUT2D eigenvalue weighted by Crippen LogP contribution is -2.32. The minimum absolute atomic E-state index is 0.211. The fourth-order valence-corrected chi connectivity index (χ4v) is 2.26. The molecular weight excluding hydrogens is 212 g/mol. The van der Waals surface area contributed by atoms with Crippen molar-refractivity contribution in [1.82, 2.24) is 4.90 Å². The number of rotatable bonds is 5. The summed E-state index contributed by atoms with van der Waals surface area (Å²) in [7, 11) is 0. The predicted octanol–water partition coefficient (Wildman–Crippen LogP) is 2.40. The number of amides is 1. The predicted molar refractivity (Wildman–Crippen MR) is 71.7 cm³/mol. The molecule has 1 atom stereocenters. The van der Waals surface area contributed by atoms with E-state index in [1.807, 2.05) is 0 Å². The molecule has 0 aromatic carbocycles. The third-order valence-electron chi connectivity index (χ3n) is 3.93. The highest BCUT2D eigenvalue weighted by atomic mass is 16.2. The highest BCUT2D eigenvalue weighted by Crippen LogP contribution is 2.22. The molecule has 0 bridgehead atoms. The zero-order valence-electron chi connectivity index (χ0n) is 11.7. The molecule has 1 rings (SSSR count). The Morgan fingerprint density at radius 1 is 1.41 bits per heavy atom. The third kappa shape index (κ3) is 5.07. The zero-order valence-corrected chi connectivity index (χ0v) is 11.7. The van der Waals surface area contributed by atoms with E-state index in [1.54, 1.807) is 0 Å². The number of likely N-dealkylation sites (tertiary alicyclic amines) is 1. The molecule has 1 aliphatic rings. The van der Waals surface area contributed by atoms with Crippen molar-refractivity contribution in [3.05, 3.63) is 0 Å². The van der Waals surface area contributed by atoms with Crippen LogP contribution in [0.4, 0.5) is 0 Å². The molecule has 0 radical (unpaired) electrons. The molecule has 1 saturated heterocycles. The van der Waals surface area contributed by atoms with Crippen LogP contribution in [0.25, 0.3) is 0 Å². The van der Waals surface area contributed by atoms with Crippen LogP contribution in [-0.4, -0.2) is 30.4 Å². The lowest BCUT2D eigenvalue weighted by atomic mass is 9.88. The van der Waals surface area contributed by atoms with Crippen LogP contribution in [0, 0.1) is 11.3 Å². The van der Waals surface area contributed by atoms with Crippen molar-refractivity contribution in [2.75, 3.05) is 19.6 Å². The lowest BCUT2D eigenvalue weighted by Gasteiger charge is -2.25. The molecule has 0 spiro atoms. The van der Waals surface area contributed by atoms with Crippen LogP contribution in [0.3, 0.4) is 0 Å². The van der Waals surface area contributed by atoms with Crippen LogP contribution in [0.2, 0.25) is 0 Å². The molecule has 100 valence electrons. The molecule has 1 heterocycles. The average molecular weight is 240 g/mol. The van der Waals surface area contributed by atoms with Crippen molar-refractivity contribution in [3.8, 4) is 0 Å². The standard InChI is InChI=1S/C14H28N2O/c1-12-5-6-13(17)16(10-7-12)9-4-8-14(2,3)11-15/h12H,4-11,15H2,1-3H3. The fourth-order valence-electron chi connectivity index (χ4n) is 2.26. The molecule has 3 heteroatoms. The van der Waals surface area contributed by atoms with Gasteiger partial charge in [-0.2, -0.15) is 0 Å². The van der Waals surface area contributed by atoms with Crippen molar-refractivity contribution in [1.29, 1.82) is 0 Å². The lowest BCUT2D eigenvalue weighted by molar-refractivity contribution is -0.130. The largest absolute Gasteiger partial charge is 0.343 e. The van der Waals surface area contributed by atoms with Gasteiger partial charge in [0, 0.05) is 19.5 Å². The van der Waals surface area contributed by atoms with Gasteiger partial charge >= 0.3 is 0 Å². The molecule has 1 fully saturated rings. The van der Waals surface area contributed by atoms with Crippen LogP contribution in [0.15, 0.2) is 0 Å². The van der Waals surface area contributed by atoms with Crippen LogP contribution in [0.1, 0.15) is 52.9 Å². The van der Waals surface area contributed by atoms with Gasteiger partial charge < -0.3 is 10.6 Å². The Bertz CT molecular complexity index is 251. The summed E-state index contributed by atoms with van der Waals surface area (Å²) in [6.07, 6.45) is 5.13. The van der Waals surface area contributed by atoms with Gasteiger partial charge in [-0.15, -0.1) is 0 Å². The van der Waals surface area contributed by atoms with Gasteiger partial charge in [-0.25, -0.2) is 0 Å². The Kier molecular flexibility index (Phi) is 5.44. The Labute approximate surface area is 106 Å². The zero-order chi connectivity index (χ0) is 12.9. The van der Waals surface area contributed by atoms with E-state index in [1.165, 1.54) is 0 Å². The molecule has 1 aliphatic heterocycles. The Balaban J connectivity index is 2.32. The summed E-state index contributed by atoms with van der Waals surface area (Å²) in [6.45, 7) is 9.21. The first-order valence-corrected chi connectivity index (χ1v) is 6.92. The monoisotopic (exact) mass is 240 g/mol. The molecule has 0 aliphatic carbocycles. The summed E-state index contributed by atoms with van der Waals surface area (Å²) in [4.78, 5) is 13.9. The summed E-state index contributed by atoms with van der Waals surface area (Å²) in [6, 6.07) is 0. The van der Waals surface area contributed by atoms with Crippen molar-refractivity contribution >= 4 is 5.91 Å². The van der Waals surface area contributed by atoms with E-state index in [-0.39, 0.29) is 5.41 Å². The number of hydrogen-bond acceptors (Lipinski definition) is 2. The Morgan fingerprint density at radius 2 is 2.12 bits per heavy atom. The van der Waals surface area contributed by atoms with Crippen LogP contribution in [-0.2, 0) is 4.79 Å². The van der Waals surface area contributed by atoms with Gasteiger partial charge in [0.25, 0.3) is 0 Å². The maximum atomic E-state index is 11.9. The van der Waals surface area contributed by atoms with Gasteiger partial charge in [0.15, 0.2) is 0 Å². The van der Waals surface area contributed by atoms with Crippen molar-refractivity contribution in [2.24, 2.45) is 17.1 Å². The maximum absolute atomic E-state index is 11.9. The van der Waals surface area contributed by atoms with Gasteiger partial charge in [0.05, 0.1) is 0 Å². The van der Waals surface area contributed by atoms with Gasteiger partial charge in [-0.3, -0.25) is 4.79 Å². The second-order valence-electron chi connectivity index (χ2n) is 6.29. The van der Waals surface area contributed by atoms with E-state index in [0.717, 1.165) is 51.7 Å². The van der Waals surface area contributed by atoms with E-state index in [4.69, 9.17) is 5.73 Å². The topological polar surface area (TPSA) is 46.3 Å². The maximum Gasteiger partial charge on any atom is 0.222 e. The van der Waals surface area contributed by atoms with E-state index >= 15 is 0 Å². The molecule has 1 amide bonds. The number of hydrogen-bond donors (Lipinski definition) is 1. The molecule has 17 heavy (non-hydrogen) atoms. The normalized spacial score (nSPS) is 22.7. The Morgan fingerprint density at radius 3 is 2.76 bits per heavy atom. The first-order valence-electron chi connectivity index (χ1n) is 6.92. The summed E-state index contributed by atoms with van der Waals surface area (Å²) in [5.41, 5.74) is 5.93. The Hall–Kier alpha value is -0.570.